The first-order valence-electron chi connectivity index (χ1n) is 8.12. The van der Waals surface area contributed by atoms with Crippen molar-refractivity contribution in [3.63, 3.8) is 0 Å². The largest absolute Gasteiger partial charge is 0.497 e. The first kappa shape index (κ1) is 23.8. The predicted molar refractivity (Wildman–Crippen MR) is 111 cm³/mol. The van der Waals surface area contributed by atoms with E-state index in [2.05, 4.69) is 20.6 Å². The number of aliphatic imine (C=N–C) groups is 1. The summed E-state index contributed by atoms with van der Waals surface area (Å²) in [4.78, 5) is 7.96. The minimum absolute atomic E-state index is 0. The number of benzene rings is 1. The molecular formula is C18H22F3IN4O2. The Morgan fingerprint density at radius 2 is 1.89 bits per heavy atom. The molecule has 0 saturated carbocycles. The number of hydrogen-bond acceptors (Lipinski definition) is 4. The lowest BCUT2D eigenvalue weighted by Gasteiger charge is -2.15. The maximum atomic E-state index is 12.4. The third-order valence-corrected chi connectivity index (χ3v) is 3.49. The minimum atomic E-state index is -4.42. The van der Waals surface area contributed by atoms with Gasteiger partial charge in [-0.25, -0.2) is 4.98 Å². The molecule has 0 unspecified atom stereocenters. The maximum Gasteiger partial charge on any atom is 0.422 e. The molecule has 0 aliphatic heterocycles. The van der Waals surface area contributed by atoms with Crippen molar-refractivity contribution in [3.05, 3.63) is 53.7 Å². The normalized spacial score (nSPS) is 11.4. The minimum Gasteiger partial charge on any atom is -0.497 e. The summed E-state index contributed by atoms with van der Waals surface area (Å²) in [6.45, 7) is -0.681. The highest BCUT2D eigenvalue weighted by atomic mass is 127. The summed E-state index contributed by atoms with van der Waals surface area (Å²) < 4.78 is 47.0. The number of nitrogens with zero attached hydrogens (tertiary/aromatic N) is 2. The third-order valence-electron chi connectivity index (χ3n) is 3.49. The molecule has 2 aromatic rings. The monoisotopic (exact) mass is 510 g/mol. The fraction of sp³-hybridized carbons (Fsp3) is 0.333. The molecule has 0 radical (unpaired) electrons. The molecule has 0 saturated heterocycles. The van der Waals surface area contributed by atoms with E-state index < -0.39 is 12.8 Å². The molecule has 0 fully saturated rings. The number of hydrogen-bond donors (Lipinski definition) is 2. The zero-order valence-electron chi connectivity index (χ0n) is 15.4. The quantitative estimate of drug-likeness (QED) is 0.339. The third kappa shape index (κ3) is 8.19. The van der Waals surface area contributed by atoms with Crippen molar-refractivity contribution < 1.29 is 22.6 Å². The van der Waals surface area contributed by atoms with Crippen molar-refractivity contribution in [1.82, 2.24) is 15.6 Å². The van der Waals surface area contributed by atoms with E-state index in [0.717, 1.165) is 11.3 Å². The van der Waals surface area contributed by atoms with Crippen molar-refractivity contribution in [2.45, 2.75) is 19.3 Å². The van der Waals surface area contributed by atoms with Gasteiger partial charge < -0.3 is 20.1 Å². The molecule has 28 heavy (non-hydrogen) atoms. The number of guanidine groups is 1. The van der Waals surface area contributed by atoms with E-state index in [0.29, 0.717) is 18.1 Å². The number of aromatic nitrogens is 1. The van der Waals surface area contributed by atoms with Crippen LogP contribution in [0.1, 0.15) is 11.1 Å². The fourth-order valence-corrected chi connectivity index (χ4v) is 2.21. The second-order valence-corrected chi connectivity index (χ2v) is 5.50. The second-order valence-electron chi connectivity index (χ2n) is 5.50. The number of ether oxygens (including phenoxy) is 2. The highest BCUT2D eigenvalue weighted by Crippen LogP contribution is 2.19. The van der Waals surface area contributed by atoms with Gasteiger partial charge in [-0.3, -0.25) is 4.99 Å². The molecule has 154 valence electrons. The predicted octanol–water partition coefficient (Wildman–Crippen LogP) is 3.51. The van der Waals surface area contributed by atoms with E-state index in [1.54, 1.807) is 26.3 Å². The van der Waals surface area contributed by atoms with Gasteiger partial charge in [0.2, 0.25) is 5.88 Å². The van der Waals surface area contributed by atoms with Gasteiger partial charge in [-0.2, -0.15) is 13.2 Å². The van der Waals surface area contributed by atoms with Gasteiger partial charge in [0.15, 0.2) is 12.6 Å². The van der Waals surface area contributed by atoms with Crippen LogP contribution >= 0.6 is 24.0 Å². The van der Waals surface area contributed by atoms with Crippen LogP contribution in [0.5, 0.6) is 11.6 Å². The Morgan fingerprint density at radius 3 is 2.57 bits per heavy atom. The molecule has 1 aromatic heterocycles. The maximum absolute atomic E-state index is 12.4. The molecular weight excluding hydrogens is 488 g/mol. The van der Waals surface area contributed by atoms with Crippen LogP contribution in [0.3, 0.4) is 0 Å². The summed E-state index contributed by atoms with van der Waals surface area (Å²) in [5.41, 5.74) is 1.49. The van der Waals surface area contributed by atoms with E-state index in [-0.39, 0.29) is 36.4 Å². The Morgan fingerprint density at radius 1 is 1.14 bits per heavy atom. The van der Waals surface area contributed by atoms with Crippen molar-refractivity contribution in [1.29, 1.82) is 0 Å². The molecule has 0 bridgehead atoms. The molecule has 0 atom stereocenters. The van der Waals surface area contributed by atoms with Crippen LogP contribution in [0, 0.1) is 0 Å². The van der Waals surface area contributed by atoms with Crippen molar-refractivity contribution in [2.24, 2.45) is 4.99 Å². The lowest BCUT2D eigenvalue weighted by atomic mass is 10.2. The van der Waals surface area contributed by atoms with Gasteiger partial charge in [-0.05, 0) is 23.8 Å². The Balaban J connectivity index is 0.00000392. The zero-order chi connectivity index (χ0) is 19.7. The van der Waals surface area contributed by atoms with Gasteiger partial charge in [0.1, 0.15) is 5.75 Å². The average Bonchev–Trinajstić information content (AvgIpc) is 2.66. The molecule has 1 aromatic carbocycles. The van der Waals surface area contributed by atoms with Gasteiger partial charge in [0.25, 0.3) is 0 Å². The van der Waals surface area contributed by atoms with E-state index >= 15 is 0 Å². The fourth-order valence-electron chi connectivity index (χ4n) is 2.21. The standard InChI is InChI=1S/C18H21F3N4O2.HI/c1-22-17(24-10-13-5-3-7-15(9-13)26-2)25-11-14-6-4-8-23-16(14)27-12-18(19,20)21;/h3-9H,10-12H2,1-2H3,(H2,22,24,25);1H. The molecule has 6 nitrogen and oxygen atoms in total. The van der Waals surface area contributed by atoms with Gasteiger partial charge in [-0.1, -0.05) is 18.2 Å². The van der Waals surface area contributed by atoms with Crippen molar-refractivity contribution in [2.75, 3.05) is 20.8 Å². The molecule has 2 rings (SSSR count). The Bertz CT molecular complexity index is 772. The van der Waals surface area contributed by atoms with Crippen LogP contribution in [-0.2, 0) is 13.1 Å². The van der Waals surface area contributed by atoms with Crippen LogP contribution in [0.25, 0.3) is 0 Å². The summed E-state index contributed by atoms with van der Waals surface area (Å²) in [5.74, 6) is 1.17. The molecule has 0 aliphatic carbocycles. The summed E-state index contributed by atoms with van der Waals surface area (Å²) in [5, 5.41) is 6.15. The number of methoxy groups -OCH3 is 1. The van der Waals surface area contributed by atoms with E-state index in [1.807, 2.05) is 24.3 Å². The van der Waals surface area contributed by atoms with Crippen LogP contribution < -0.4 is 20.1 Å². The smallest absolute Gasteiger partial charge is 0.422 e. The van der Waals surface area contributed by atoms with Crippen molar-refractivity contribution in [3.8, 4) is 11.6 Å². The van der Waals surface area contributed by atoms with Crippen LogP contribution in [0.15, 0.2) is 47.6 Å². The number of nitrogens with one attached hydrogen (secondary N) is 2. The Hall–Kier alpha value is -2.24. The lowest BCUT2D eigenvalue weighted by molar-refractivity contribution is -0.154. The summed E-state index contributed by atoms with van der Waals surface area (Å²) in [6, 6.07) is 10.8. The highest BCUT2D eigenvalue weighted by molar-refractivity contribution is 14.0. The van der Waals surface area contributed by atoms with E-state index in [4.69, 9.17) is 9.47 Å². The first-order chi connectivity index (χ1) is 12.9. The van der Waals surface area contributed by atoms with E-state index in [1.165, 1.54) is 6.20 Å². The van der Waals surface area contributed by atoms with Crippen LogP contribution in [0.2, 0.25) is 0 Å². The molecule has 0 amide bonds. The number of rotatable bonds is 7. The topological polar surface area (TPSA) is 67.8 Å². The zero-order valence-corrected chi connectivity index (χ0v) is 17.7. The molecule has 0 spiro atoms. The highest BCUT2D eigenvalue weighted by Gasteiger charge is 2.29. The van der Waals surface area contributed by atoms with E-state index in [9.17, 15) is 13.2 Å². The van der Waals surface area contributed by atoms with Crippen molar-refractivity contribution >= 4 is 29.9 Å². The Labute approximate surface area is 178 Å². The van der Waals surface area contributed by atoms with Gasteiger partial charge in [-0.15, -0.1) is 24.0 Å². The SMILES string of the molecule is CN=C(NCc1cccc(OC)c1)NCc1cccnc1OCC(F)(F)F.I. The van der Waals surface area contributed by atoms with Crippen LogP contribution in [0.4, 0.5) is 13.2 Å². The molecule has 2 N–H and O–H groups in total. The number of halogens is 4. The average molecular weight is 510 g/mol. The Kier molecular flexibility index (Phi) is 9.83. The molecule has 10 heteroatoms. The summed E-state index contributed by atoms with van der Waals surface area (Å²) in [7, 11) is 3.20. The molecule has 1 heterocycles. The summed E-state index contributed by atoms with van der Waals surface area (Å²) in [6.07, 6.45) is -3.04. The summed E-state index contributed by atoms with van der Waals surface area (Å²) >= 11 is 0. The lowest BCUT2D eigenvalue weighted by Crippen LogP contribution is -2.36. The van der Waals surface area contributed by atoms with Gasteiger partial charge >= 0.3 is 6.18 Å². The van der Waals surface area contributed by atoms with Gasteiger partial charge in [0.05, 0.1) is 7.11 Å². The molecule has 0 aliphatic rings. The first-order valence-corrected chi connectivity index (χ1v) is 8.12. The number of pyridine rings is 1. The second kappa shape index (κ2) is 11.6. The van der Waals surface area contributed by atoms with Gasteiger partial charge in [0, 0.05) is 31.9 Å². The number of alkyl halides is 3. The van der Waals surface area contributed by atoms with Crippen LogP contribution in [-0.4, -0.2) is 37.9 Å².